The number of nitrogens with zero attached hydrogens (tertiary/aromatic N) is 1. The Morgan fingerprint density at radius 1 is 1.10 bits per heavy atom. The molecule has 0 bridgehead atoms. The number of benzene rings is 2. The van der Waals surface area contributed by atoms with Crippen LogP contribution in [-0.2, 0) is 9.59 Å². The van der Waals surface area contributed by atoms with Crippen molar-refractivity contribution in [1.29, 1.82) is 0 Å². The third-order valence-corrected chi connectivity index (χ3v) is 5.78. The third-order valence-electron chi connectivity index (χ3n) is 5.78. The first-order valence-electron chi connectivity index (χ1n) is 10.9. The van der Waals surface area contributed by atoms with E-state index in [1.54, 1.807) is 4.90 Å². The van der Waals surface area contributed by atoms with Crippen molar-refractivity contribution in [3.05, 3.63) is 59.7 Å². The lowest BCUT2D eigenvalue weighted by molar-refractivity contribution is -0.140. The van der Waals surface area contributed by atoms with Gasteiger partial charge in [0.1, 0.15) is 6.04 Å². The molecule has 1 fully saturated rings. The van der Waals surface area contributed by atoms with Gasteiger partial charge in [0.05, 0.1) is 6.04 Å². The molecule has 1 saturated heterocycles. The standard InChI is InChI=1S/C26H34N2O2/c1-18-9-6-7-10-22(18)21-14-12-20(13-15-21)19(2)27-25(30)23-11-8-16-28(23)24(29)17-26(3,4)5/h6-7,9-10,12-15,19,23H,8,11,16-17H2,1-5H3,(H,27,30)/t19-,23-/m0/s1. The number of carbonyl (C=O) groups excluding carboxylic acids is 2. The number of aryl methyl sites for hydroxylation is 1. The summed E-state index contributed by atoms with van der Waals surface area (Å²) in [7, 11) is 0. The van der Waals surface area contributed by atoms with Gasteiger partial charge in [0.25, 0.3) is 0 Å². The topological polar surface area (TPSA) is 49.4 Å². The molecule has 1 aliphatic heterocycles. The zero-order valence-electron chi connectivity index (χ0n) is 18.9. The van der Waals surface area contributed by atoms with E-state index in [1.807, 2.05) is 19.1 Å². The van der Waals surface area contributed by atoms with E-state index in [9.17, 15) is 9.59 Å². The van der Waals surface area contributed by atoms with Crippen molar-refractivity contribution in [2.45, 2.75) is 66.0 Å². The SMILES string of the molecule is Cc1ccccc1-c1ccc([C@H](C)NC(=O)[C@@H]2CCCN2C(=O)CC(C)(C)C)cc1. The monoisotopic (exact) mass is 406 g/mol. The van der Waals surface area contributed by atoms with E-state index >= 15 is 0 Å². The molecule has 0 radical (unpaired) electrons. The van der Waals surface area contributed by atoms with E-state index in [0.717, 1.165) is 18.4 Å². The van der Waals surface area contributed by atoms with Crippen molar-refractivity contribution in [3.63, 3.8) is 0 Å². The lowest BCUT2D eigenvalue weighted by Gasteiger charge is -2.28. The molecule has 4 heteroatoms. The Labute approximate surface area is 180 Å². The van der Waals surface area contributed by atoms with Crippen LogP contribution in [0.4, 0.5) is 0 Å². The Morgan fingerprint density at radius 2 is 1.77 bits per heavy atom. The van der Waals surface area contributed by atoms with Crippen LogP contribution in [0.5, 0.6) is 0 Å². The van der Waals surface area contributed by atoms with Crippen LogP contribution in [0.2, 0.25) is 0 Å². The Hall–Kier alpha value is -2.62. The summed E-state index contributed by atoms with van der Waals surface area (Å²) in [6.45, 7) is 10.9. The number of amides is 2. The van der Waals surface area contributed by atoms with Gasteiger partial charge >= 0.3 is 0 Å². The molecule has 0 aliphatic carbocycles. The lowest BCUT2D eigenvalue weighted by Crippen LogP contribution is -2.47. The van der Waals surface area contributed by atoms with E-state index in [4.69, 9.17) is 0 Å². The maximum Gasteiger partial charge on any atom is 0.243 e. The van der Waals surface area contributed by atoms with Crippen LogP contribution in [0, 0.1) is 12.3 Å². The van der Waals surface area contributed by atoms with Gasteiger partial charge in [0.2, 0.25) is 11.8 Å². The second-order valence-corrected chi connectivity index (χ2v) is 9.65. The lowest BCUT2D eigenvalue weighted by atomic mass is 9.91. The highest BCUT2D eigenvalue weighted by atomic mass is 16.2. The number of nitrogens with one attached hydrogen (secondary N) is 1. The summed E-state index contributed by atoms with van der Waals surface area (Å²) in [6, 6.07) is 16.2. The Bertz CT molecular complexity index is 896. The normalized spacial score (nSPS) is 17.6. The van der Waals surface area contributed by atoms with Crippen LogP contribution in [0.3, 0.4) is 0 Å². The minimum absolute atomic E-state index is 0.0507. The van der Waals surface area contributed by atoms with Crippen molar-refractivity contribution < 1.29 is 9.59 Å². The molecule has 2 atom stereocenters. The Kier molecular flexibility index (Phi) is 6.64. The van der Waals surface area contributed by atoms with Gasteiger partial charge in [0, 0.05) is 13.0 Å². The van der Waals surface area contributed by atoms with E-state index in [0.29, 0.717) is 13.0 Å². The van der Waals surface area contributed by atoms with E-state index in [-0.39, 0.29) is 29.3 Å². The minimum Gasteiger partial charge on any atom is -0.348 e. The van der Waals surface area contributed by atoms with Gasteiger partial charge < -0.3 is 10.2 Å². The molecule has 2 amide bonds. The maximum atomic E-state index is 12.9. The van der Waals surface area contributed by atoms with Crippen LogP contribution in [0.1, 0.15) is 64.1 Å². The zero-order chi connectivity index (χ0) is 21.9. The summed E-state index contributed by atoms with van der Waals surface area (Å²) < 4.78 is 0. The van der Waals surface area contributed by atoms with Gasteiger partial charge in [0.15, 0.2) is 0 Å². The van der Waals surface area contributed by atoms with Gasteiger partial charge in [-0.1, -0.05) is 69.3 Å². The third kappa shape index (κ3) is 5.29. The van der Waals surface area contributed by atoms with Crippen LogP contribution >= 0.6 is 0 Å². The molecule has 0 spiro atoms. The van der Waals surface area contributed by atoms with Gasteiger partial charge in [-0.2, -0.15) is 0 Å². The van der Waals surface area contributed by atoms with Gasteiger partial charge in [-0.3, -0.25) is 9.59 Å². The van der Waals surface area contributed by atoms with Crippen molar-refractivity contribution in [3.8, 4) is 11.1 Å². The molecule has 0 unspecified atom stereocenters. The molecule has 1 aliphatic rings. The minimum atomic E-state index is -0.353. The number of hydrogen-bond acceptors (Lipinski definition) is 2. The number of likely N-dealkylation sites (tertiary alicyclic amines) is 1. The second kappa shape index (κ2) is 9.03. The fourth-order valence-electron chi connectivity index (χ4n) is 4.13. The maximum absolute atomic E-state index is 12.9. The molecule has 0 saturated carbocycles. The summed E-state index contributed by atoms with van der Waals surface area (Å²) in [4.78, 5) is 27.4. The fourth-order valence-corrected chi connectivity index (χ4v) is 4.13. The molecule has 30 heavy (non-hydrogen) atoms. The molecule has 1 heterocycles. The van der Waals surface area contributed by atoms with Crippen molar-refractivity contribution in [2.75, 3.05) is 6.54 Å². The molecule has 4 nitrogen and oxygen atoms in total. The summed E-state index contributed by atoms with van der Waals surface area (Å²) >= 11 is 0. The average Bonchev–Trinajstić information content (AvgIpc) is 3.17. The first kappa shape index (κ1) is 22.1. The van der Waals surface area contributed by atoms with E-state index < -0.39 is 0 Å². The molecule has 160 valence electrons. The number of rotatable bonds is 5. The highest BCUT2D eigenvalue weighted by molar-refractivity contribution is 5.88. The Morgan fingerprint density at radius 3 is 2.40 bits per heavy atom. The van der Waals surface area contributed by atoms with Gasteiger partial charge in [-0.15, -0.1) is 0 Å². The molecule has 3 rings (SSSR count). The van der Waals surface area contributed by atoms with Crippen molar-refractivity contribution >= 4 is 11.8 Å². The number of carbonyl (C=O) groups is 2. The summed E-state index contributed by atoms with van der Waals surface area (Å²) in [5.74, 6) is 0.0284. The predicted octanol–water partition coefficient (Wildman–Crippen LogP) is 5.27. The predicted molar refractivity (Wildman–Crippen MR) is 122 cm³/mol. The molecular weight excluding hydrogens is 372 g/mol. The second-order valence-electron chi connectivity index (χ2n) is 9.65. The molecule has 2 aromatic carbocycles. The molecule has 2 aromatic rings. The van der Waals surface area contributed by atoms with Crippen molar-refractivity contribution in [2.24, 2.45) is 5.41 Å². The van der Waals surface area contributed by atoms with E-state index in [2.05, 4.69) is 69.4 Å². The summed E-state index contributed by atoms with van der Waals surface area (Å²) in [6.07, 6.45) is 2.08. The van der Waals surface area contributed by atoms with Crippen molar-refractivity contribution in [1.82, 2.24) is 10.2 Å². The average molecular weight is 407 g/mol. The van der Waals surface area contributed by atoms with Gasteiger partial charge in [-0.25, -0.2) is 0 Å². The molecular formula is C26H34N2O2. The smallest absolute Gasteiger partial charge is 0.243 e. The van der Waals surface area contributed by atoms with E-state index in [1.165, 1.54) is 16.7 Å². The van der Waals surface area contributed by atoms with Gasteiger partial charge in [-0.05, 0) is 54.4 Å². The Balaban J connectivity index is 1.65. The zero-order valence-corrected chi connectivity index (χ0v) is 18.9. The molecule has 0 aromatic heterocycles. The highest BCUT2D eigenvalue weighted by Gasteiger charge is 2.35. The van der Waals surface area contributed by atoms with Crippen LogP contribution in [0.15, 0.2) is 48.5 Å². The highest BCUT2D eigenvalue weighted by Crippen LogP contribution is 2.27. The largest absolute Gasteiger partial charge is 0.348 e. The van der Waals surface area contributed by atoms with Crippen LogP contribution in [0.25, 0.3) is 11.1 Å². The number of hydrogen-bond donors (Lipinski definition) is 1. The first-order chi connectivity index (χ1) is 14.2. The van der Waals surface area contributed by atoms with Crippen LogP contribution in [-0.4, -0.2) is 29.3 Å². The molecule has 1 N–H and O–H groups in total. The quantitative estimate of drug-likeness (QED) is 0.736. The summed E-state index contributed by atoms with van der Waals surface area (Å²) in [5, 5.41) is 3.12. The summed E-state index contributed by atoms with van der Waals surface area (Å²) in [5.41, 5.74) is 4.62. The van der Waals surface area contributed by atoms with Crippen LogP contribution < -0.4 is 5.32 Å². The first-order valence-corrected chi connectivity index (χ1v) is 10.9. The fraction of sp³-hybridized carbons (Fsp3) is 0.462.